The van der Waals surface area contributed by atoms with Crippen LogP contribution in [0.3, 0.4) is 0 Å². The van der Waals surface area contributed by atoms with Crippen LogP contribution in [-0.2, 0) is 16.0 Å². The fourth-order valence-corrected chi connectivity index (χ4v) is 3.49. The highest BCUT2D eigenvalue weighted by atomic mass is 32.1. The van der Waals surface area contributed by atoms with E-state index in [0.29, 0.717) is 0 Å². The summed E-state index contributed by atoms with van der Waals surface area (Å²) in [6.45, 7) is 5.72. The first-order valence-electron chi connectivity index (χ1n) is 6.68. The molecule has 1 N–H and O–H groups in total. The van der Waals surface area contributed by atoms with E-state index in [4.69, 9.17) is 9.84 Å². The van der Waals surface area contributed by atoms with Crippen LogP contribution >= 0.6 is 11.3 Å². The highest BCUT2D eigenvalue weighted by Crippen LogP contribution is 2.21. The van der Waals surface area contributed by atoms with Gasteiger partial charge in [0.2, 0.25) is 0 Å². The molecule has 1 fully saturated rings. The summed E-state index contributed by atoms with van der Waals surface area (Å²) in [5.41, 5.74) is 0. The maximum absolute atomic E-state index is 11.1. The van der Waals surface area contributed by atoms with Crippen LogP contribution < -0.4 is 0 Å². The highest BCUT2D eigenvalue weighted by Gasteiger charge is 2.29. The van der Waals surface area contributed by atoms with Crippen molar-refractivity contribution in [3.63, 3.8) is 0 Å². The summed E-state index contributed by atoms with van der Waals surface area (Å²) in [6, 6.07) is 4.15. The predicted molar refractivity (Wildman–Crippen MR) is 75.6 cm³/mol. The normalized spacial score (nSPS) is 26.2. The topological polar surface area (TPSA) is 49.8 Å². The molecule has 1 aliphatic heterocycles. The van der Waals surface area contributed by atoms with Gasteiger partial charge in [0.15, 0.2) is 0 Å². The molecular formula is C14H21NO3S. The van der Waals surface area contributed by atoms with Crippen LogP contribution in [0.15, 0.2) is 17.5 Å². The van der Waals surface area contributed by atoms with Gasteiger partial charge in [0.25, 0.3) is 0 Å². The molecule has 3 atom stereocenters. The maximum atomic E-state index is 11.1. The Balaban J connectivity index is 2.05. The Labute approximate surface area is 118 Å². The monoisotopic (exact) mass is 283 g/mol. The van der Waals surface area contributed by atoms with Crippen molar-refractivity contribution in [1.82, 2.24) is 4.90 Å². The van der Waals surface area contributed by atoms with E-state index in [-0.39, 0.29) is 24.7 Å². The zero-order valence-electron chi connectivity index (χ0n) is 11.4. The van der Waals surface area contributed by atoms with Crippen LogP contribution in [0.1, 0.15) is 25.1 Å². The van der Waals surface area contributed by atoms with Crippen molar-refractivity contribution in [3.05, 3.63) is 22.4 Å². The van der Waals surface area contributed by atoms with Crippen LogP contribution in [0, 0.1) is 0 Å². The summed E-state index contributed by atoms with van der Waals surface area (Å²) in [4.78, 5) is 14.6. The van der Waals surface area contributed by atoms with Gasteiger partial charge in [-0.15, -0.1) is 11.3 Å². The zero-order chi connectivity index (χ0) is 13.8. The molecule has 2 heterocycles. The fraction of sp³-hybridized carbons (Fsp3) is 0.643. The smallest absolute Gasteiger partial charge is 0.304 e. The van der Waals surface area contributed by atoms with E-state index in [1.54, 1.807) is 11.3 Å². The summed E-state index contributed by atoms with van der Waals surface area (Å²) >= 11 is 1.69. The minimum absolute atomic E-state index is 0.0601. The molecule has 1 saturated heterocycles. The van der Waals surface area contributed by atoms with Crippen LogP contribution in [-0.4, -0.2) is 47.3 Å². The first kappa shape index (κ1) is 14.5. The summed E-state index contributed by atoms with van der Waals surface area (Å²) < 4.78 is 5.72. The molecule has 0 radical (unpaired) electrons. The second kappa shape index (κ2) is 6.50. The molecule has 5 heteroatoms. The van der Waals surface area contributed by atoms with Gasteiger partial charge in [-0.2, -0.15) is 0 Å². The number of aliphatic carboxylic acids is 1. The van der Waals surface area contributed by atoms with Crippen molar-refractivity contribution in [2.24, 2.45) is 0 Å². The Morgan fingerprint density at radius 1 is 1.53 bits per heavy atom. The third-order valence-corrected chi connectivity index (χ3v) is 4.29. The quantitative estimate of drug-likeness (QED) is 0.900. The van der Waals surface area contributed by atoms with Crippen molar-refractivity contribution in [2.45, 2.75) is 44.9 Å². The van der Waals surface area contributed by atoms with Gasteiger partial charge in [-0.25, -0.2) is 0 Å². The van der Waals surface area contributed by atoms with Gasteiger partial charge < -0.3 is 9.84 Å². The SMILES string of the molecule is CC1CN(C(CC(=O)O)Cc2cccs2)CC(C)O1. The molecule has 1 aromatic rings. The number of hydrogen-bond donors (Lipinski definition) is 1. The molecule has 19 heavy (non-hydrogen) atoms. The maximum Gasteiger partial charge on any atom is 0.304 e. The summed E-state index contributed by atoms with van der Waals surface area (Å²) in [5.74, 6) is -0.728. The molecule has 0 amide bonds. The van der Waals surface area contributed by atoms with Crippen molar-refractivity contribution in [1.29, 1.82) is 0 Å². The number of carboxylic acid groups (broad SMARTS) is 1. The molecule has 0 bridgehead atoms. The lowest BCUT2D eigenvalue weighted by Crippen LogP contribution is -2.51. The fourth-order valence-electron chi connectivity index (χ4n) is 2.71. The number of ether oxygens (including phenoxy) is 1. The number of thiophene rings is 1. The van der Waals surface area contributed by atoms with Gasteiger partial charge in [0.1, 0.15) is 0 Å². The average molecular weight is 283 g/mol. The van der Waals surface area contributed by atoms with E-state index < -0.39 is 5.97 Å². The molecule has 0 spiro atoms. The lowest BCUT2D eigenvalue weighted by molar-refractivity contribution is -0.140. The van der Waals surface area contributed by atoms with E-state index in [1.165, 1.54) is 4.88 Å². The van der Waals surface area contributed by atoms with Crippen LogP contribution in [0.2, 0.25) is 0 Å². The first-order valence-corrected chi connectivity index (χ1v) is 7.56. The number of nitrogens with zero attached hydrogens (tertiary/aromatic N) is 1. The molecule has 0 saturated carbocycles. The number of rotatable bonds is 5. The third kappa shape index (κ3) is 4.30. The Hall–Kier alpha value is -0.910. The molecule has 0 aliphatic carbocycles. The molecule has 3 unspecified atom stereocenters. The summed E-state index contributed by atoms with van der Waals surface area (Å²) in [6.07, 6.45) is 1.34. The van der Waals surface area contributed by atoms with Gasteiger partial charge in [0.05, 0.1) is 18.6 Å². The number of carbonyl (C=O) groups is 1. The van der Waals surface area contributed by atoms with E-state index in [9.17, 15) is 4.79 Å². The van der Waals surface area contributed by atoms with Gasteiger partial charge in [-0.1, -0.05) is 6.07 Å². The van der Waals surface area contributed by atoms with Crippen LogP contribution in [0.25, 0.3) is 0 Å². The van der Waals surface area contributed by atoms with Crippen molar-refractivity contribution in [3.8, 4) is 0 Å². The van der Waals surface area contributed by atoms with Gasteiger partial charge in [-0.3, -0.25) is 9.69 Å². The van der Waals surface area contributed by atoms with E-state index in [1.807, 2.05) is 25.3 Å². The minimum atomic E-state index is -0.728. The lowest BCUT2D eigenvalue weighted by Gasteiger charge is -2.39. The highest BCUT2D eigenvalue weighted by molar-refractivity contribution is 7.09. The average Bonchev–Trinajstić information content (AvgIpc) is 2.79. The molecule has 0 aromatic carbocycles. The van der Waals surface area contributed by atoms with E-state index >= 15 is 0 Å². The summed E-state index contributed by atoms with van der Waals surface area (Å²) in [5, 5.41) is 11.2. The van der Waals surface area contributed by atoms with Crippen molar-refractivity contribution in [2.75, 3.05) is 13.1 Å². The minimum Gasteiger partial charge on any atom is -0.481 e. The number of carboxylic acids is 1. The lowest BCUT2D eigenvalue weighted by atomic mass is 10.0. The predicted octanol–water partition coefficient (Wildman–Crippen LogP) is 2.24. The third-order valence-electron chi connectivity index (χ3n) is 3.39. The largest absolute Gasteiger partial charge is 0.481 e. The van der Waals surface area contributed by atoms with E-state index in [2.05, 4.69) is 11.0 Å². The van der Waals surface area contributed by atoms with Crippen LogP contribution in [0.4, 0.5) is 0 Å². The molecule has 106 valence electrons. The van der Waals surface area contributed by atoms with Crippen molar-refractivity contribution >= 4 is 17.3 Å². The second-order valence-corrected chi connectivity index (χ2v) is 6.28. The molecule has 4 nitrogen and oxygen atoms in total. The molecule has 1 aromatic heterocycles. The standard InChI is InChI=1S/C14H21NO3S/c1-10-8-15(9-11(2)18-10)12(7-14(16)17)6-13-4-3-5-19-13/h3-5,10-12H,6-9H2,1-2H3,(H,16,17). The Bertz CT molecular complexity index is 397. The van der Waals surface area contributed by atoms with E-state index in [0.717, 1.165) is 19.5 Å². The van der Waals surface area contributed by atoms with Gasteiger partial charge in [0, 0.05) is 24.0 Å². The number of hydrogen-bond acceptors (Lipinski definition) is 4. The Kier molecular flexibility index (Phi) is 4.96. The first-order chi connectivity index (χ1) is 9.04. The zero-order valence-corrected chi connectivity index (χ0v) is 12.2. The molecular weight excluding hydrogens is 262 g/mol. The van der Waals surface area contributed by atoms with Gasteiger partial charge >= 0.3 is 5.97 Å². The molecule has 1 aliphatic rings. The van der Waals surface area contributed by atoms with Crippen molar-refractivity contribution < 1.29 is 14.6 Å². The second-order valence-electron chi connectivity index (χ2n) is 5.25. The Morgan fingerprint density at radius 2 is 2.21 bits per heavy atom. The molecule has 2 rings (SSSR count). The van der Waals surface area contributed by atoms with Gasteiger partial charge in [-0.05, 0) is 31.7 Å². The number of morpholine rings is 1. The Morgan fingerprint density at radius 3 is 2.74 bits per heavy atom. The summed E-state index contributed by atoms with van der Waals surface area (Å²) in [7, 11) is 0. The van der Waals surface area contributed by atoms with Crippen LogP contribution in [0.5, 0.6) is 0 Å².